The van der Waals surface area contributed by atoms with Crippen LogP contribution >= 0.6 is 0 Å². The Morgan fingerprint density at radius 2 is 1.85 bits per heavy atom. The van der Waals surface area contributed by atoms with Gasteiger partial charge in [0.15, 0.2) is 0 Å². The van der Waals surface area contributed by atoms with E-state index >= 15 is 0 Å². The molecule has 4 N–H and O–H groups in total. The average molecular weight is 535 g/mol. The zero-order valence-electron chi connectivity index (χ0n) is 22.5. The summed E-state index contributed by atoms with van der Waals surface area (Å²) in [6.45, 7) is 6.15. The third-order valence-corrected chi connectivity index (χ3v) is 7.01. The van der Waals surface area contributed by atoms with Crippen molar-refractivity contribution in [1.82, 2.24) is 10.5 Å². The lowest BCUT2D eigenvalue weighted by Gasteiger charge is -2.24. The van der Waals surface area contributed by atoms with Gasteiger partial charge in [-0.15, -0.1) is 0 Å². The van der Waals surface area contributed by atoms with Crippen LogP contribution in [0, 0.1) is 25.2 Å². The first kappa shape index (κ1) is 26.7. The van der Waals surface area contributed by atoms with Gasteiger partial charge < -0.3 is 25.8 Å². The van der Waals surface area contributed by atoms with E-state index in [-0.39, 0.29) is 30.3 Å². The molecule has 2 amide bonds. The quantitative estimate of drug-likeness (QED) is 0.248. The van der Waals surface area contributed by atoms with E-state index < -0.39 is 0 Å². The molecule has 3 aromatic carbocycles. The molecule has 40 heavy (non-hydrogen) atoms. The van der Waals surface area contributed by atoms with Crippen molar-refractivity contribution in [3.63, 3.8) is 0 Å². The van der Waals surface area contributed by atoms with Crippen LogP contribution in [0.15, 0.2) is 71.3 Å². The van der Waals surface area contributed by atoms with E-state index in [4.69, 9.17) is 4.52 Å². The highest BCUT2D eigenvalue weighted by Crippen LogP contribution is 2.34. The summed E-state index contributed by atoms with van der Waals surface area (Å²) in [5.41, 5.74) is 6.38. The molecular formula is C31H30N6O3. The van der Waals surface area contributed by atoms with Crippen LogP contribution in [-0.4, -0.2) is 29.6 Å². The lowest BCUT2D eigenvalue weighted by Crippen LogP contribution is -2.34. The fourth-order valence-corrected chi connectivity index (χ4v) is 4.97. The summed E-state index contributed by atoms with van der Waals surface area (Å²) in [7, 11) is 0. The summed E-state index contributed by atoms with van der Waals surface area (Å²) in [5, 5.41) is 26.6. The molecule has 5 rings (SSSR count). The summed E-state index contributed by atoms with van der Waals surface area (Å²) in [5.74, 6) is 0.274. The minimum atomic E-state index is -0.214. The number of fused-ring (bicyclic) bond motifs is 2. The van der Waals surface area contributed by atoms with Crippen LogP contribution in [0.4, 0.5) is 17.1 Å². The van der Waals surface area contributed by atoms with Gasteiger partial charge in [-0.05, 0) is 62.2 Å². The van der Waals surface area contributed by atoms with Crippen molar-refractivity contribution < 1.29 is 14.1 Å². The van der Waals surface area contributed by atoms with Crippen LogP contribution in [0.5, 0.6) is 0 Å². The number of aromatic nitrogens is 1. The van der Waals surface area contributed by atoms with Crippen LogP contribution in [0.1, 0.15) is 57.0 Å². The first-order chi connectivity index (χ1) is 19.3. The Bertz CT molecular complexity index is 1600. The van der Waals surface area contributed by atoms with Gasteiger partial charge in [0.2, 0.25) is 5.91 Å². The number of para-hydroxylation sites is 1. The SMILES string of the molecule is Cc1noc(C)c1CC(=O)Nc1ccc(N[C@@H](C)CNC2c3ccccc3NC(=O)c3ccccc32)c(C#N)c1. The van der Waals surface area contributed by atoms with Gasteiger partial charge in [-0.1, -0.05) is 41.6 Å². The minimum Gasteiger partial charge on any atom is -0.380 e. The van der Waals surface area contributed by atoms with Gasteiger partial charge in [0, 0.05) is 35.1 Å². The maximum atomic E-state index is 12.9. The molecule has 1 aliphatic rings. The molecule has 1 unspecified atom stereocenters. The number of hydrogen-bond acceptors (Lipinski definition) is 7. The van der Waals surface area contributed by atoms with E-state index in [0.29, 0.717) is 40.5 Å². The standard InChI is InChI=1S/C31H30N6O3/c1-18(17-33-30-23-8-4-5-9-24(23)31(39)36-28-11-7-6-10-25(28)30)34-27-13-12-22(14-21(27)16-32)35-29(38)15-26-19(2)37-40-20(26)3/h4-14,18,30,33-34H,15,17H2,1-3H3,(H,35,38)(H,36,39)/t18-,30?/m0/s1. The molecule has 2 atom stereocenters. The summed E-state index contributed by atoms with van der Waals surface area (Å²) in [4.78, 5) is 25.4. The van der Waals surface area contributed by atoms with Crippen molar-refractivity contribution in [1.29, 1.82) is 5.26 Å². The lowest BCUT2D eigenvalue weighted by molar-refractivity contribution is -0.115. The predicted molar refractivity (Wildman–Crippen MR) is 153 cm³/mol. The van der Waals surface area contributed by atoms with Gasteiger partial charge in [-0.25, -0.2) is 0 Å². The zero-order chi connectivity index (χ0) is 28.2. The number of anilines is 3. The first-order valence-corrected chi connectivity index (χ1v) is 13.1. The lowest BCUT2D eigenvalue weighted by atomic mass is 9.94. The normalized spacial score (nSPS) is 14.7. The van der Waals surface area contributed by atoms with E-state index in [2.05, 4.69) is 32.5 Å². The molecule has 4 aromatic rings. The summed E-state index contributed by atoms with van der Waals surface area (Å²) < 4.78 is 5.14. The van der Waals surface area contributed by atoms with Crippen molar-refractivity contribution in [2.24, 2.45) is 0 Å². The number of benzene rings is 3. The highest BCUT2D eigenvalue weighted by molar-refractivity contribution is 6.07. The fraction of sp³-hybridized carbons (Fsp3) is 0.226. The smallest absolute Gasteiger partial charge is 0.256 e. The van der Waals surface area contributed by atoms with Crippen LogP contribution in [-0.2, 0) is 11.2 Å². The number of nitriles is 1. The number of nitrogens with zero attached hydrogens (tertiary/aromatic N) is 2. The van der Waals surface area contributed by atoms with Crippen molar-refractivity contribution in [3.8, 4) is 6.07 Å². The van der Waals surface area contributed by atoms with Crippen molar-refractivity contribution in [2.75, 3.05) is 22.5 Å². The maximum absolute atomic E-state index is 12.9. The Hall–Kier alpha value is -4.94. The molecule has 0 fully saturated rings. The van der Waals surface area contributed by atoms with Gasteiger partial charge >= 0.3 is 0 Å². The number of amides is 2. The number of rotatable bonds is 8. The molecule has 9 nitrogen and oxygen atoms in total. The fourth-order valence-electron chi connectivity index (χ4n) is 4.97. The second-order valence-corrected chi connectivity index (χ2v) is 9.92. The molecular weight excluding hydrogens is 504 g/mol. The van der Waals surface area contributed by atoms with Crippen LogP contribution in [0.25, 0.3) is 0 Å². The predicted octanol–water partition coefficient (Wildman–Crippen LogP) is 5.09. The van der Waals surface area contributed by atoms with Gasteiger partial charge in [0.05, 0.1) is 29.4 Å². The van der Waals surface area contributed by atoms with E-state index in [0.717, 1.165) is 22.4 Å². The third-order valence-electron chi connectivity index (χ3n) is 7.01. The summed E-state index contributed by atoms with van der Waals surface area (Å²) in [6, 6.07) is 22.6. The molecule has 0 aliphatic carbocycles. The van der Waals surface area contributed by atoms with Gasteiger partial charge in [0.1, 0.15) is 11.8 Å². The number of carbonyl (C=O) groups excluding carboxylic acids is 2. The van der Waals surface area contributed by atoms with E-state index in [9.17, 15) is 14.9 Å². The molecule has 0 bridgehead atoms. The van der Waals surface area contributed by atoms with Gasteiger partial charge in [0.25, 0.3) is 5.91 Å². The highest BCUT2D eigenvalue weighted by Gasteiger charge is 2.27. The molecule has 0 saturated heterocycles. The first-order valence-electron chi connectivity index (χ1n) is 13.1. The Kier molecular flexibility index (Phi) is 7.62. The number of hydrogen-bond donors (Lipinski definition) is 4. The topological polar surface area (TPSA) is 132 Å². The number of aryl methyl sites for hydroxylation is 2. The Morgan fingerprint density at radius 1 is 1.10 bits per heavy atom. The molecule has 2 heterocycles. The van der Waals surface area contributed by atoms with Gasteiger partial charge in [-0.2, -0.15) is 5.26 Å². The molecule has 1 aliphatic heterocycles. The van der Waals surface area contributed by atoms with E-state index in [1.54, 1.807) is 32.0 Å². The van der Waals surface area contributed by atoms with Crippen LogP contribution in [0.2, 0.25) is 0 Å². The Morgan fingerprint density at radius 3 is 2.60 bits per heavy atom. The van der Waals surface area contributed by atoms with Crippen LogP contribution in [0.3, 0.4) is 0 Å². The second-order valence-electron chi connectivity index (χ2n) is 9.92. The van der Waals surface area contributed by atoms with Gasteiger partial charge in [-0.3, -0.25) is 9.59 Å². The molecule has 202 valence electrons. The average Bonchev–Trinajstić information content (AvgIpc) is 3.20. The molecule has 0 spiro atoms. The second kappa shape index (κ2) is 11.4. The molecule has 9 heteroatoms. The monoisotopic (exact) mass is 534 g/mol. The zero-order valence-corrected chi connectivity index (χ0v) is 22.5. The largest absolute Gasteiger partial charge is 0.380 e. The van der Waals surface area contributed by atoms with Crippen molar-refractivity contribution in [3.05, 3.63) is 106 Å². The van der Waals surface area contributed by atoms with Crippen molar-refractivity contribution in [2.45, 2.75) is 39.3 Å². The number of nitrogens with one attached hydrogen (secondary N) is 4. The summed E-state index contributed by atoms with van der Waals surface area (Å²) >= 11 is 0. The maximum Gasteiger partial charge on any atom is 0.256 e. The van der Waals surface area contributed by atoms with E-state index in [1.165, 1.54) is 0 Å². The Labute approximate surface area is 232 Å². The Balaban J connectivity index is 1.27. The summed E-state index contributed by atoms with van der Waals surface area (Å²) in [6.07, 6.45) is 0.139. The minimum absolute atomic E-state index is 0.0571. The molecule has 0 radical (unpaired) electrons. The third kappa shape index (κ3) is 5.58. The number of carbonyl (C=O) groups is 2. The van der Waals surface area contributed by atoms with Crippen molar-refractivity contribution >= 4 is 28.9 Å². The van der Waals surface area contributed by atoms with Crippen LogP contribution < -0.4 is 21.3 Å². The molecule has 0 saturated carbocycles. The van der Waals surface area contributed by atoms with E-state index in [1.807, 2.05) is 55.5 Å². The highest BCUT2D eigenvalue weighted by atomic mass is 16.5. The molecule has 1 aromatic heterocycles.